The summed E-state index contributed by atoms with van der Waals surface area (Å²) in [5.41, 5.74) is 0.940. The minimum atomic E-state index is -0.400. The molecule has 0 aliphatic carbocycles. The second kappa shape index (κ2) is 5.97. The van der Waals surface area contributed by atoms with E-state index in [1.54, 1.807) is 17.0 Å². The van der Waals surface area contributed by atoms with Crippen LogP contribution in [0.3, 0.4) is 0 Å². The quantitative estimate of drug-likeness (QED) is 0.898. The van der Waals surface area contributed by atoms with E-state index in [1.165, 1.54) is 11.3 Å². The van der Waals surface area contributed by atoms with E-state index in [-0.39, 0.29) is 5.91 Å². The molecule has 6 heteroatoms. The van der Waals surface area contributed by atoms with Crippen molar-refractivity contribution in [1.82, 2.24) is 4.90 Å². The minimum Gasteiger partial charge on any atom is -0.391 e. The number of carbonyl (C=O) groups is 1. The molecule has 2 heterocycles. The summed E-state index contributed by atoms with van der Waals surface area (Å²) in [5.74, 6) is -0.0251. The zero-order valence-electron chi connectivity index (χ0n) is 11.1. The fourth-order valence-corrected chi connectivity index (χ4v) is 3.61. The lowest BCUT2D eigenvalue weighted by atomic mass is 10.2. The van der Waals surface area contributed by atoms with Crippen LogP contribution in [0.1, 0.15) is 16.1 Å². The van der Waals surface area contributed by atoms with Gasteiger partial charge in [0.2, 0.25) is 0 Å². The number of rotatable bonds is 2. The lowest BCUT2D eigenvalue weighted by Gasteiger charge is -2.13. The number of thiophene rings is 1. The number of benzene rings is 1. The van der Waals surface area contributed by atoms with Gasteiger partial charge in [0.05, 0.1) is 21.0 Å². The minimum absolute atomic E-state index is 0.0251. The van der Waals surface area contributed by atoms with Gasteiger partial charge in [0.15, 0.2) is 0 Å². The monoisotopic (exact) mass is 341 g/mol. The van der Waals surface area contributed by atoms with E-state index < -0.39 is 6.10 Å². The molecular weight excluding hydrogens is 329 g/mol. The van der Waals surface area contributed by atoms with Crippen molar-refractivity contribution in [3.05, 3.63) is 45.3 Å². The van der Waals surface area contributed by atoms with Crippen molar-refractivity contribution in [2.24, 2.45) is 0 Å². The molecule has 1 atom stereocenters. The predicted molar refractivity (Wildman–Crippen MR) is 86.3 cm³/mol. The summed E-state index contributed by atoms with van der Waals surface area (Å²) in [6, 6.07) is 9.15. The number of nitrogens with zero attached hydrogens (tertiary/aromatic N) is 1. The Morgan fingerprint density at radius 2 is 2.05 bits per heavy atom. The molecule has 1 aromatic carbocycles. The normalized spacial score (nSPS) is 18.2. The van der Waals surface area contributed by atoms with Crippen molar-refractivity contribution in [3.8, 4) is 10.4 Å². The highest BCUT2D eigenvalue weighted by Gasteiger charge is 2.26. The van der Waals surface area contributed by atoms with Gasteiger partial charge in [-0.15, -0.1) is 11.3 Å². The van der Waals surface area contributed by atoms with Crippen LogP contribution in [-0.4, -0.2) is 35.1 Å². The van der Waals surface area contributed by atoms with Crippen molar-refractivity contribution < 1.29 is 9.90 Å². The molecule has 3 nitrogen and oxygen atoms in total. The van der Waals surface area contributed by atoms with Gasteiger partial charge in [-0.3, -0.25) is 4.79 Å². The highest BCUT2D eigenvalue weighted by molar-refractivity contribution is 7.17. The summed E-state index contributed by atoms with van der Waals surface area (Å²) in [7, 11) is 0. The van der Waals surface area contributed by atoms with Gasteiger partial charge in [0.1, 0.15) is 0 Å². The van der Waals surface area contributed by atoms with Crippen molar-refractivity contribution in [3.63, 3.8) is 0 Å². The van der Waals surface area contributed by atoms with E-state index in [2.05, 4.69) is 0 Å². The van der Waals surface area contributed by atoms with E-state index in [0.29, 0.717) is 34.4 Å². The summed E-state index contributed by atoms with van der Waals surface area (Å²) >= 11 is 13.4. The molecule has 0 spiro atoms. The van der Waals surface area contributed by atoms with E-state index in [0.717, 1.165) is 10.4 Å². The fourth-order valence-electron chi connectivity index (χ4n) is 2.34. The highest BCUT2D eigenvalue weighted by Crippen LogP contribution is 2.33. The van der Waals surface area contributed by atoms with Crippen molar-refractivity contribution in [2.45, 2.75) is 12.5 Å². The van der Waals surface area contributed by atoms with E-state index in [4.69, 9.17) is 23.2 Å². The molecule has 1 saturated heterocycles. The third-order valence-electron chi connectivity index (χ3n) is 3.47. The van der Waals surface area contributed by atoms with Crippen LogP contribution in [0, 0.1) is 0 Å². The maximum atomic E-state index is 12.3. The standard InChI is InChI=1S/C15H13Cl2NO2S/c16-11-2-1-9(7-12(11)17)13-3-4-14(21-13)15(20)18-6-5-10(19)8-18/h1-4,7,10,19H,5-6,8H2/t10-/m0/s1. The average molecular weight is 342 g/mol. The number of β-amino-alcohol motifs (C(OH)–C–C–N with tert-alkyl or cyclic N) is 1. The number of aliphatic hydroxyl groups excluding tert-OH is 1. The lowest BCUT2D eigenvalue weighted by Crippen LogP contribution is -2.28. The molecule has 0 bridgehead atoms. The second-order valence-electron chi connectivity index (χ2n) is 4.99. The Labute approximate surface area is 136 Å². The van der Waals surface area contributed by atoms with Crippen LogP contribution >= 0.6 is 34.5 Å². The van der Waals surface area contributed by atoms with Crippen LogP contribution in [-0.2, 0) is 0 Å². The second-order valence-corrected chi connectivity index (χ2v) is 6.88. The lowest BCUT2D eigenvalue weighted by molar-refractivity contribution is 0.0769. The van der Waals surface area contributed by atoms with Crippen molar-refractivity contribution in [1.29, 1.82) is 0 Å². The van der Waals surface area contributed by atoms with Gasteiger partial charge in [-0.1, -0.05) is 29.3 Å². The van der Waals surface area contributed by atoms with Gasteiger partial charge in [-0.2, -0.15) is 0 Å². The molecule has 0 unspecified atom stereocenters. The smallest absolute Gasteiger partial charge is 0.264 e. The van der Waals surface area contributed by atoms with Crippen LogP contribution in [0.5, 0.6) is 0 Å². The molecule has 1 aromatic heterocycles. The molecule has 1 fully saturated rings. The molecule has 1 aliphatic rings. The topological polar surface area (TPSA) is 40.5 Å². The molecule has 0 radical (unpaired) electrons. The third kappa shape index (κ3) is 3.09. The number of likely N-dealkylation sites (tertiary alicyclic amines) is 1. The van der Waals surface area contributed by atoms with Gasteiger partial charge in [0.25, 0.3) is 5.91 Å². The molecular formula is C15H13Cl2NO2S. The molecule has 21 heavy (non-hydrogen) atoms. The first kappa shape index (κ1) is 14.9. The molecule has 3 rings (SSSR count). The Morgan fingerprint density at radius 3 is 2.71 bits per heavy atom. The molecule has 1 N–H and O–H groups in total. The highest BCUT2D eigenvalue weighted by atomic mass is 35.5. The maximum absolute atomic E-state index is 12.3. The van der Waals surface area contributed by atoms with Crippen molar-refractivity contribution >= 4 is 40.4 Å². The van der Waals surface area contributed by atoms with Crippen molar-refractivity contribution in [2.75, 3.05) is 13.1 Å². The fraction of sp³-hybridized carbons (Fsp3) is 0.267. The molecule has 110 valence electrons. The molecule has 1 amide bonds. The number of amides is 1. The average Bonchev–Trinajstić information content (AvgIpc) is 3.10. The Balaban J connectivity index is 1.82. The molecule has 2 aromatic rings. The summed E-state index contributed by atoms with van der Waals surface area (Å²) in [4.78, 5) is 15.7. The van der Waals surface area contributed by atoms with Gasteiger partial charge < -0.3 is 10.0 Å². The van der Waals surface area contributed by atoms with Crippen LogP contribution in [0.15, 0.2) is 30.3 Å². The number of hydrogen-bond donors (Lipinski definition) is 1. The maximum Gasteiger partial charge on any atom is 0.264 e. The largest absolute Gasteiger partial charge is 0.391 e. The van der Waals surface area contributed by atoms with E-state index >= 15 is 0 Å². The summed E-state index contributed by atoms with van der Waals surface area (Å²) in [6.45, 7) is 1.03. The summed E-state index contributed by atoms with van der Waals surface area (Å²) < 4.78 is 0. The van der Waals surface area contributed by atoms with Crippen LogP contribution in [0.4, 0.5) is 0 Å². The predicted octanol–water partition coefficient (Wildman–Crippen LogP) is 3.93. The number of aliphatic hydroxyl groups is 1. The van der Waals surface area contributed by atoms with Crippen LogP contribution < -0.4 is 0 Å². The summed E-state index contributed by atoms with van der Waals surface area (Å²) in [5, 5.41) is 10.5. The van der Waals surface area contributed by atoms with Gasteiger partial charge in [-0.05, 0) is 36.2 Å². The Hall–Kier alpha value is -1.07. The first-order chi connectivity index (χ1) is 10.0. The third-order valence-corrected chi connectivity index (χ3v) is 5.33. The van der Waals surface area contributed by atoms with E-state index in [1.807, 2.05) is 18.2 Å². The SMILES string of the molecule is O=C(c1ccc(-c2ccc(Cl)c(Cl)c2)s1)N1CC[C@H](O)C1. The number of carbonyl (C=O) groups excluding carboxylic acids is 1. The zero-order valence-corrected chi connectivity index (χ0v) is 13.4. The summed E-state index contributed by atoms with van der Waals surface area (Å²) in [6.07, 6.45) is 0.250. The van der Waals surface area contributed by atoms with E-state index in [9.17, 15) is 9.90 Å². The van der Waals surface area contributed by atoms with Gasteiger partial charge in [-0.25, -0.2) is 0 Å². The molecule has 0 saturated carbocycles. The van der Waals surface area contributed by atoms with Gasteiger partial charge in [0, 0.05) is 18.0 Å². The number of hydrogen-bond acceptors (Lipinski definition) is 3. The Morgan fingerprint density at radius 1 is 1.24 bits per heavy atom. The Bertz CT molecular complexity index is 686. The Kier molecular flexibility index (Phi) is 4.22. The first-order valence-corrected chi connectivity index (χ1v) is 8.14. The van der Waals surface area contributed by atoms with Crippen LogP contribution in [0.2, 0.25) is 10.0 Å². The zero-order chi connectivity index (χ0) is 15.0. The van der Waals surface area contributed by atoms with Gasteiger partial charge >= 0.3 is 0 Å². The first-order valence-electron chi connectivity index (χ1n) is 6.57. The number of halogens is 2. The molecule has 1 aliphatic heterocycles. The van der Waals surface area contributed by atoms with Crippen LogP contribution in [0.25, 0.3) is 10.4 Å².